The van der Waals surface area contributed by atoms with Crippen molar-refractivity contribution < 1.29 is 9.47 Å². The van der Waals surface area contributed by atoms with Crippen molar-refractivity contribution in [3.05, 3.63) is 30.3 Å². The minimum absolute atomic E-state index is 0.0357. The smallest absolute Gasteiger partial charge is 0.120 e. The fraction of sp³-hybridized carbons (Fsp3) is 0.760. The number of para-hydroxylation sites is 1. The predicted octanol–water partition coefficient (Wildman–Crippen LogP) is 7.31. The Hall–Kier alpha value is -1.02. The van der Waals surface area contributed by atoms with Crippen molar-refractivity contribution in [1.82, 2.24) is 0 Å². The molecule has 2 nitrogen and oxygen atoms in total. The molecule has 0 bridgehead atoms. The average Bonchev–Trinajstić information content (AvgIpc) is 3.45. The van der Waals surface area contributed by atoms with Crippen LogP contribution in [0.15, 0.2) is 30.3 Å². The van der Waals surface area contributed by atoms with Gasteiger partial charge in [-0.2, -0.15) is 0 Å². The Balaban J connectivity index is 1.45. The molecule has 1 saturated carbocycles. The maximum Gasteiger partial charge on any atom is 0.120 e. The Kier molecular flexibility index (Phi) is 8.06. The Morgan fingerprint density at radius 1 is 0.926 bits per heavy atom. The molecule has 4 atom stereocenters. The summed E-state index contributed by atoms with van der Waals surface area (Å²) in [5, 5.41) is 0. The Morgan fingerprint density at radius 2 is 1.67 bits per heavy atom. The summed E-state index contributed by atoms with van der Waals surface area (Å²) >= 11 is 0. The van der Waals surface area contributed by atoms with Crippen LogP contribution in [0.1, 0.15) is 97.3 Å². The number of rotatable bonds is 13. The summed E-state index contributed by atoms with van der Waals surface area (Å²) in [5.41, 5.74) is -0.0357. The number of hydrogen-bond acceptors (Lipinski definition) is 2. The van der Waals surface area contributed by atoms with E-state index in [4.69, 9.17) is 9.47 Å². The molecule has 1 saturated heterocycles. The van der Waals surface area contributed by atoms with Crippen molar-refractivity contribution in [2.24, 2.45) is 5.92 Å². The topological polar surface area (TPSA) is 21.8 Å². The number of hydrogen-bond donors (Lipinski definition) is 0. The van der Waals surface area contributed by atoms with E-state index in [9.17, 15) is 0 Å². The molecule has 152 valence electrons. The van der Waals surface area contributed by atoms with Gasteiger partial charge in [-0.25, -0.2) is 0 Å². The average molecular weight is 373 g/mol. The summed E-state index contributed by atoms with van der Waals surface area (Å²) in [6.07, 6.45) is 18.3. The Bertz CT molecular complexity index is 528. The molecule has 1 aromatic rings. The third kappa shape index (κ3) is 7.14. The third-order valence-electron chi connectivity index (χ3n) is 6.61. The van der Waals surface area contributed by atoms with Gasteiger partial charge in [-0.3, -0.25) is 0 Å². The van der Waals surface area contributed by atoms with E-state index in [0.29, 0.717) is 12.2 Å². The fourth-order valence-electron chi connectivity index (χ4n) is 4.71. The molecular weight excluding hydrogens is 332 g/mol. The second kappa shape index (κ2) is 10.5. The van der Waals surface area contributed by atoms with Crippen molar-refractivity contribution in [2.75, 3.05) is 0 Å². The molecule has 27 heavy (non-hydrogen) atoms. The van der Waals surface area contributed by atoms with Crippen LogP contribution < -0.4 is 4.74 Å². The zero-order valence-corrected chi connectivity index (χ0v) is 17.6. The molecular formula is C25H40O2. The molecule has 1 heterocycles. The van der Waals surface area contributed by atoms with Crippen LogP contribution in [0.2, 0.25) is 0 Å². The largest absolute Gasteiger partial charge is 0.488 e. The van der Waals surface area contributed by atoms with E-state index in [1.165, 1.54) is 83.5 Å². The molecule has 2 fully saturated rings. The van der Waals surface area contributed by atoms with Gasteiger partial charge in [0, 0.05) is 0 Å². The van der Waals surface area contributed by atoms with E-state index >= 15 is 0 Å². The second-order valence-electron chi connectivity index (χ2n) is 9.17. The number of epoxide rings is 1. The van der Waals surface area contributed by atoms with Crippen LogP contribution >= 0.6 is 0 Å². The van der Waals surface area contributed by atoms with Gasteiger partial charge in [0.05, 0.1) is 12.2 Å². The van der Waals surface area contributed by atoms with Gasteiger partial charge in [0.15, 0.2) is 0 Å². The molecule has 2 heteroatoms. The normalized spacial score (nSPS) is 26.2. The third-order valence-corrected chi connectivity index (χ3v) is 6.61. The number of fused-ring (bicyclic) bond motifs is 1. The van der Waals surface area contributed by atoms with E-state index in [1.807, 2.05) is 0 Å². The van der Waals surface area contributed by atoms with E-state index in [1.54, 1.807) is 0 Å². The van der Waals surface area contributed by atoms with E-state index < -0.39 is 0 Å². The van der Waals surface area contributed by atoms with Crippen molar-refractivity contribution in [2.45, 2.75) is 115 Å². The first-order valence-corrected chi connectivity index (χ1v) is 11.6. The Morgan fingerprint density at radius 3 is 2.41 bits per heavy atom. The quantitative estimate of drug-likeness (QED) is 0.267. The molecule has 3 rings (SSSR count). The van der Waals surface area contributed by atoms with E-state index in [2.05, 4.69) is 44.2 Å². The number of ether oxygens (including phenoxy) is 2. The van der Waals surface area contributed by atoms with Gasteiger partial charge in [-0.05, 0) is 69.9 Å². The summed E-state index contributed by atoms with van der Waals surface area (Å²) in [7, 11) is 0. The standard InChI is InChI=1S/C25H40O2/c1-3-4-5-6-7-8-12-18-25(2,27-22-13-10-9-11-14-22)19-17-21-15-16-23-24(20-21)26-23/h9-11,13-14,21,23-24H,3-8,12,15-20H2,1-2H3. The molecule has 4 unspecified atom stereocenters. The summed E-state index contributed by atoms with van der Waals surface area (Å²) in [4.78, 5) is 0. The van der Waals surface area contributed by atoms with Gasteiger partial charge < -0.3 is 9.47 Å². The molecule has 2 aliphatic rings. The summed E-state index contributed by atoms with van der Waals surface area (Å²) in [6, 6.07) is 10.4. The molecule has 0 radical (unpaired) electrons. The maximum absolute atomic E-state index is 6.54. The van der Waals surface area contributed by atoms with E-state index in [0.717, 1.165) is 11.7 Å². The van der Waals surface area contributed by atoms with Gasteiger partial charge in [0.1, 0.15) is 11.4 Å². The van der Waals surface area contributed by atoms with Crippen LogP contribution in [0, 0.1) is 5.92 Å². The first-order valence-electron chi connectivity index (χ1n) is 11.6. The molecule has 1 aromatic carbocycles. The fourth-order valence-corrected chi connectivity index (χ4v) is 4.71. The lowest BCUT2D eigenvalue weighted by Gasteiger charge is -2.33. The van der Waals surface area contributed by atoms with Crippen molar-refractivity contribution >= 4 is 0 Å². The van der Waals surface area contributed by atoms with Gasteiger partial charge in [0.2, 0.25) is 0 Å². The molecule has 0 amide bonds. The zero-order chi connectivity index (χ0) is 19.0. The van der Waals surface area contributed by atoms with Crippen LogP contribution in [0.25, 0.3) is 0 Å². The minimum atomic E-state index is -0.0357. The molecule has 0 spiro atoms. The highest BCUT2D eigenvalue weighted by Crippen LogP contribution is 2.42. The second-order valence-corrected chi connectivity index (χ2v) is 9.17. The molecule has 0 aromatic heterocycles. The summed E-state index contributed by atoms with van der Waals surface area (Å²) in [5.74, 6) is 1.86. The first kappa shape index (κ1) is 20.7. The lowest BCUT2D eigenvalue weighted by atomic mass is 9.82. The number of benzene rings is 1. The molecule has 0 N–H and O–H groups in total. The van der Waals surface area contributed by atoms with E-state index in [-0.39, 0.29) is 5.60 Å². The highest BCUT2D eigenvalue weighted by Gasteiger charge is 2.44. The first-order chi connectivity index (χ1) is 13.2. The van der Waals surface area contributed by atoms with Gasteiger partial charge >= 0.3 is 0 Å². The van der Waals surface area contributed by atoms with Crippen molar-refractivity contribution in [3.8, 4) is 5.75 Å². The minimum Gasteiger partial charge on any atom is -0.488 e. The molecule has 1 aliphatic carbocycles. The summed E-state index contributed by atoms with van der Waals surface area (Å²) < 4.78 is 12.3. The van der Waals surface area contributed by atoms with Crippen LogP contribution in [0.5, 0.6) is 5.75 Å². The Labute approximate surface area is 167 Å². The SMILES string of the molecule is CCCCCCCCCC(C)(CCC1CCC2OC2C1)Oc1ccccc1. The maximum atomic E-state index is 6.54. The van der Waals surface area contributed by atoms with Crippen molar-refractivity contribution in [3.63, 3.8) is 0 Å². The van der Waals surface area contributed by atoms with Gasteiger partial charge in [-0.15, -0.1) is 0 Å². The predicted molar refractivity (Wildman–Crippen MR) is 113 cm³/mol. The van der Waals surface area contributed by atoms with Crippen molar-refractivity contribution in [1.29, 1.82) is 0 Å². The molecule has 1 aliphatic heterocycles. The van der Waals surface area contributed by atoms with Crippen LogP contribution in [-0.4, -0.2) is 17.8 Å². The highest BCUT2D eigenvalue weighted by atomic mass is 16.6. The number of unbranched alkanes of at least 4 members (excludes halogenated alkanes) is 6. The summed E-state index contributed by atoms with van der Waals surface area (Å²) in [6.45, 7) is 4.63. The lowest BCUT2D eigenvalue weighted by Crippen LogP contribution is -2.33. The lowest BCUT2D eigenvalue weighted by molar-refractivity contribution is 0.0577. The van der Waals surface area contributed by atoms with Gasteiger partial charge in [-0.1, -0.05) is 63.6 Å². The zero-order valence-electron chi connectivity index (χ0n) is 17.6. The van der Waals surface area contributed by atoms with Crippen LogP contribution in [0.4, 0.5) is 0 Å². The van der Waals surface area contributed by atoms with Crippen LogP contribution in [0.3, 0.4) is 0 Å². The highest BCUT2D eigenvalue weighted by molar-refractivity contribution is 5.22. The van der Waals surface area contributed by atoms with Crippen LogP contribution in [-0.2, 0) is 4.74 Å². The monoisotopic (exact) mass is 372 g/mol. The van der Waals surface area contributed by atoms with Gasteiger partial charge in [0.25, 0.3) is 0 Å².